The molecule has 3 aromatic rings. The smallest absolute Gasteiger partial charge is 0.105 e. The summed E-state index contributed by atoms with van der Waals surface area (Å²) in [5.74, 6) is 0. The van der Waals surface area contributed by atoms with Gasteiger partial charge in [-0.25, -0.2) is 0 Å². The van der Waals surface area contributed by atoms with E-state index in [4.69, 9.17) is 4.74 Å². The number of benzene rings is 2. The minimum atomic E-state index is -0.572. The Morgan fingerprint density at radius 2 is 1.90 bits per heavy atom. The fourth-order valence-electron chi connectivity index (χ4n) is 2.75. The van der Waals surface area contributed by atoms with Crippen molar-refractivity contribution in [2.75, 3.05) is 0 Å². The molecule has 0 spiro atoms. The van der Waals surface area contributed by atoms with E-state index in [1.54, 1.807) is 11.3 Å². The predicted molar refractivity (Wildman–Crippen MR) is 80.8 cm³/mol. The molecule has 0 aliphatic carbocycles. The Morgan fingerprint density at radius 3 is 2.85 bits per heavy atom. The third-order valence-electron chi connectivity index (χ3n) is 3.87. The van der Waals surface area contributed by atoms with Gasteiger partial charge in [-0.1, -0.05) is 36.4 Å². The van der Waals surface area contributed by atoms with Gasteiger partial charge in [-0.15, -0.1) is 11.3 Å². The zero-order valence-corrected chi connectivity index (χ0v) is 11.7. The minimum Gasteiger partial charge on any atom is -0.384 e. The highest BCUT2D eigenvalue weighted by atomic mass is 32.1. The van der Waals surface area contributed by atoms with E-state index in [0.717, 1.165) is 16.5 Å². The molecule has 3 heteroatoms. The Labute approximate surface area is 121 Å². The van der Waals surface area contributed by atoms with Gasteiger partial charge in [0, 0.05) is 10.3 Å². The predicted octanol–water partition coefficient (Wildman–Crippen LogP) is 4.01. The monoisotopic (exact) mass is 282 g/mol. The summed E-state index contributed by atoms with van der Waals surface area (Å²) < 4.78 is 6.64. The fraction of sp³-hybridized carbons (Fsp3) is 0.176. The highest BCUT2D eigenvalue weighted by molar-refractivity contribution is 7.17. The van der Waals surface area contributed by atoms with E-state index < -0.39 is 6.10 Å². The van der Waals surface area contributed by atoms with Crippen LogP contribution in [-0.4, -0.2) is 5.11 Å². The second-order valence-electron chi connectivity index (χ2n) is 5.11. The first-order chi connectivity index (χ1) is 9.83. The van der Waals surface area contributed by atoms with Crippen molar-refractivity contribution in [1.82, 2.24) is 0 Å². The molecule has 20 heavy (non-hydrogen) atoms. The third-order valence-corrected chi connectivity index (χ3v) is 4.85. The summed E-state index contributed by atoms with van der Waals surface area (Å²) in [6.45, 7) is 1.34. The lowest BCUT2D eigenvalue weighted by molar-refractivity contribution is 0.134. The van der Waals surface area contributed by atoms with Gasteiger partial charge in [-0.2, -0.15) is 0 Å². The van der Waals surface area contributed by atoms with Crippen LogP contribution in [0.4, 0.5) is 0 Å². The molecule has 1 aromatic heterocycles. The van der Waals surface area contributed by atoms with Crippen molar-refractivity contribution in [3.05, 3.63) is 70.1 Å². The van der Waals surface area contributed by atoms with Gasteiger partial charge in [0.05, 0.1) is 13.2 Å². The quantitative estimate of drug-likeness (QED) is 0.769. The van der Waals surface area contributed by atoms with E-state index in [1.165, 1.54) is 15.8 Å². The molecular weight excluding hydrogens is 268 g/mol. The number of aliphatic hydroxyl groups excluding tert-OH is 1. The number of ether oxygens (including phenoxy) is 1. The Hall–Kier alpha value is -1.68. The standard InChI is InChI=1S/C17H14O2S/c18-17(11-5-6-12-8-19-9-13(12)7-11)15-10-20-16-4-2-1-3-14(15)16/h1-7,10,17-18H,8-9H2. The SMILES string of the molecule is OC(c1ccc2c(c1)COC2)c1csc2ccccc12. The highest BCUT2D eigenvalue weighted by Crippen LogP contribution is 2.34. The molecule has 0 saturated carbocycles. The van der Waals surface area contributed by atoms with Gasteiger partial charge in [-0.05, 0) is 33.5 Å². The molecule has 100 valence electrons. The van der Waals surface area contributed by atoms with Crippen LogP contribution in [0.3, 0.4) is 0 Å². The van der Waals surface area contributed by atoms with E-state index in [9.17, 15) is 5.11 Å². The molecule has 1 aliphatic heterocycles. The lowest BCUT2D eigenvalue weighted by atomic mass is 9.97. The summed E-state index contributed by atoms with van der Waals surface area (Å²) in [4.78, 5) is 0. The maximum absolute atomic E-state index is 10.7. The summed E-state index contributed by atoms with van der Waals surface area (Å²) >= 11 is 1.68. The molecule has 1 aliphatic rings. The van der Waals surface area contributed by atoms with Crippen molar-refractivity contribution in [3.8, 4) is 0 Å². The van der Waals surface area contributed by atoms with Crippen LogP contribution in [0.25, 0.3) is 10.1 Å². The topological polar surface area (TPSA) is 29.5 Å². The van der Waals surface area contributed by atoms with Gasteiger partial charge in [0.2, 0.25) is 0 Å². The van der Waals surface area contributed by atoms with Gasteiger partial charge in [0.15, 0.2) is 0 Å². The van der Waals surface area contributed by atoms with Gasteiger partial charge in [0.1, 0.15) is 6.10 Å². The summed E-state index contributed by atoms with van der Waals surface area (Å²) in [6.07, 6.45) is -0.572. The molecule has 0 amide bonds. The van der Waals surface area contributed by atoms with Crippen molar-refractivity contribution < 1.29 is 9.84 Å². The van der Waals surface area contributed by atoms with Crippen LogP contribution >= 0.6 is 11.3 Å². The molecule has 2 nitrogen and oxygen atoms in total. The van der Waals surface area contributed by atoms with Gasteiger partial charge in [-0.3, -0.25) is 0 Å². The van der Waals surface area contributed by atoms with Crippen LogP contribution in [0.15, 0.2) is 47.8 Å². The van der Waals surface area contributed by atoms with Crippen LogP contribution in [0, 0.1) is 0 Å². The van der Waals surface area contributed by atoms with Gasteiger partial charge >= 0.3 is 0 Å². The molecule has 0 fully saturated rings. The zero-order chi connectivity index (χ0) is 13.5. The summed E-state index contributed by atoms with van der Waals surface area (Å²) in [5.41, 5.74) is 4.36. The molecule has 1 N–H and O–H groups in total. The average molecular weight is 282 g/mol. The summed E-state index contributed by atoms with van der Waals surface area (Å²) in [6, 6.07) is 14.3. The molecule has 4 rings (SSSR count). The van der Waals surface area contributed by atoms with Crippen molar-refractivity contribution in [3.63, 3.8) is 0 Å². The normalized spacial score (nSPS) is 15.4. The van der Waals surface area contributed by atoms with Crippen LogP contribution in [0.2, 0.25) is 0 Å². The number of fused-ring (bicyclic) bond motifs is 2. The molecule has 1 unspecified atom stereocenters. The number of thiophene rings is 1. The number of hydrogen-bond acceptors (Lipinski definition) is 3. The van der Waals surface area contributed by atoms with E-state index in [1.807, 2.05) is 18.2 Å². The van der Waals surface area contributed by atoms with E-state index >= 15 is 0 Å². The maximum Gasteiger partial charge on any atom is 0.105 e. The van der Waals surface area contributed by atoms with E-state index in [0.29, 0.717) is 13.2 Å². The maximum atomic E-state index is 10.7. The first-order valence-electron chi connectivity index (χ1n) is 6.66. The highest BCUT2D eigenvalue weighted by Gasteiger charge is 2.18. The first-order valence-corrected chi connectivity index (χ1v) is 7.54. The van der Waals surface area contributed by atoms with Gasteiger partial charge < -0.3 is 9.84 Å². The Balaban J connectivity index is 1.78. The van der Waals surface area contributed by atoms with Crippen LogP contribution in [-0.2, 0) is 18.0 Å². The largest absolute Gasteiger partial charge is 0.384 e. The Bertz CT molecular complexity index is 776. The van der Waals surface area contributed by atoms with Crippen LogP contribution < -0.4 is 0 Å². The molecule has 2 aromatic carbocycles. The summed E-state index contributed by atoms with van der Waals surface area (Å²) in [5, 5.41) is 13.9. The van der Waals surface area contributed by atoms with Crippen molar-refractivity contribution in [2.24, 2.45) is 0 Å². The van der Waals surface area contributed by atoms with Crippen LogP contribution in [0.1, 0.15) is 28.4 Å². The number of aliphatic hydroxyl groups is 1. The van der Waals surface area contributed by atoms with E-state index in [-0.39, 0.29) is 0 Å². The summed E-state index contributed by atoms with van der Waals surface area (Å²) in [7, 11) is 0. The molecule has 0 saturated heterocycles. The number of hydrogen-bond donors (Lipinski definition) is 1. The average Bonchev–Trinajstić information content (AvgIpc) is 3.12. The van der Waals surface area contributed by atoms with Gasteiger partial charge in [0.25, 0.3) is 0 Å². The van der Waals surface area contributed by atoms with Crippen molar-refractivity contribution in [2.45, 2.75) is 19.3 Å². The fourth-order valence-corrected chi connectivity index (χ4v) is 3.73. The molecular formula is C17H14O2S. The third kappa shape index (κ3) is 1.86. The van der Waals surface area contributed by atoms with Crippen molar-refractivity contribution in [1.29, 1.82) is 0 Å². The second-order valence-corrected chi connectivity index (χ2v) is 6.02. The molecule has 0 bridgehead atoms. The molecule has 1 atom stereocenters. The first kappa shape index (κ1) is 12.1. The molecule has 2 heterocycles. The minimum absolute atomic E-state index is 0.572. The lowest BCUT2D eigenvalue weighted by Gasteiger charge is -2.12. The molecule has 0 radical (unpaired) electrons. The van der Waals surface area contributed by atoms with E-state index in [2.05, 4.69) is 29.6 Å². The Kier molecular flexibility index (Phi) is 2.84. The van der Waals surface area contributed by atoms with Crippen molar-refractivity contribution >= 4 is 21.4 Å². The Morgan fingerprint density at radius 1 is 1.05 bits per heavy atom. The number of rotatable bonds is 2. The van der Waals surface area contributed by atoms with Crippen LogP contribution in [0.5, 0.6) is 0 Å². The zero-order valence-electron chi connectivity index (χ0n) is 10.9. The second kappa shape index (κ2) is 4.70. The lowest BCUT2D eigenvalue weighted by Crippen LogP contribution is -1.99.